The van der Waals surface area contributed by atoms with Crippen LogP contribution < -0.4 is 4.74 Å². The lowest BCUT2D eigenvalue weighted by atomic mass is 10.2. The van der Waals surface area contributed by atoms with Crippen molar-refractivity contribution in [2.75, 3.05) is 19.8 Å². The van der Waals surface area contributed by atoms with E-state index in [1.54, 1.807) is 6.08 Å². The standard InChI is InChI=1S/C18H26O3/c1-4-13-19-14-7-8-15-20-18(6-3)21-17-11-9-16(5-2)10-12-17/h4-5,9-12,18H,1-2,6-8,13-15H2,3H3. The molecule has 1 aromatic carbocycles. The van der Waals surface area contributed by atoms with Gasteiger partial charge in [0.2, 0.25) is 0 Å². The van der Waals surface area contributed by atoms with Gasteiger partial charge in [0.1, 0.15) is 5.75 Å². The van der Waals surface area contributed by atoms with Crippen molar-refractivity contribution in [1.82, 2.24) is 0 Å². The summed E-state index contributed by atoms with van der Waals surface area (Å²) in [5, 5.41) is 0. The Morgan fingerprint density at radius 2 is 1.81 bits per heavy atom. The summed E-state index contributed by atoms with van der Waals surface area (Å²) in [7, 11) is 0. The Balaban J connectivity index is 2.21. The number of ether oxygens (including phenoxy) is 3. The second kappa shape index (κ2) is 11.1. The SMILES string of the molecule is C=CCOCCCCOC(CC)Oc1ccc(C=C)cc1. The van der Waals surface area contributed by atoms with Gasteiger partial charge in [0, 0.05) is 13.0 Å². The van der Waals surface area contributed by atoms with Crippen LogP contribution in [0, 0.1) is 0 Å². The molecule has 1 aromatic rings. The van der Waals surface area contributed by atoms with E-state index < -0.39 is 0 Å². The minimum atomic E-state index is -0.200. The van der Waals surface area contributed by atoms with Crippen LogP contribution in [-0.2, 0) is 9.47 Å². The highest BCUT2D eigenvalue weighted by Crippen LogP contribution is 2.16. The first-order valence-corrected chi connectivity index (χ1v) is 7.49. The quantitative estimate of drug-likeness (QED) is 0.323. The molecule has 0 heterocycles. The van der Waals surface area contributed by atoms with Gasteiger partial charge in [-0.1, -0.05) is 37.8 Å². The second-order valence-corrected chi connectivity index (χ2v) is 4.67. The fraction of sp³-hybridized carbons (Fsp3) is 0.444. The lowest BCUT2D eigenvalue weighted by Crippen LogP contribution is -2.20. The summed E-state index contributed by atoms with van der Waals surface area (Å²) < 4.78 is 16.9. The highest BCUT2D eigenvalue weighted by Gasteiger charge is 2.07. The number of hydrogen-bond donors (Lipinski definition) is 0. The van der Waals surface area contributed by atoms with Crippen LogP contribution >= 0.6 is 0 Å². The van der Waals surface area contributed by atoms with E-state index in [9.17, 15) is 0 Å². The van der Waals surface area contributed by atoms with Crippen molar-refractivity contribution in [3.05, 3.63) is 49.1 Å². The second-order valence-electron chi connectivity index (χ2n) is 4.67. The van der Waals surface area contributed by atoms with Crippen molar-refractivity contribution in [3.63, 3.8) is 0 Å². The monoisotopic (exact) mass is 290 g/mol. The molecule has 0 aliphatic heterocycles. The first-order valence-electron chi connectivity index (χ1n) is 7.49. The first kappa shape index (κ1) is 17.5. The zero-order chi connectivity index (χ0) is 15.3. The van der Waals surface area contributed by atoms with E-state index in [2.05, 4.69) is 20.1 Å². The highest BCUT2D eigenvalue weighted by molar-refractivity contribution is 5.48. The molecule has 0 aliphatic carbocycles. The average molecular weight is 290 g/mol. The lowest BCUT2D eigenvalue weighted by Gasteiger charge is -2.18. The summed E-state index contributed by atoms with van der Waals surface area (Å²) in [5.41, 5.74) is 1.08. The summed E-state index contributed by atoms with van der Waals surface area (Å²) in [6.45, 7) is 11.4. The third kappa shape index (κ3) is 7.69. The Morgan fingerprint density at radius 1 is 1.10 bits per heavy atom. The van der Waals surface area contributed by atoms with Crippen molar-refractivity contribution in [3.8, 4) is 5.75 Å². The van der Waals surface area contributed by atoms with Crippen LogP contribution in [0.1, 0.15) is 31.7 Å². The Kier molecular flexibility index (Phi) is 9.25. The van der Waals surface area contributed by atoms with E-state index in [0.29, 0.717) is 13.2 Å². The third-order valence-electron chi connectivity index (χ3n) is 2.94. The maximum Gasteiger partial charge on any atom is 0.199 e. The summed E-state index contributed by atoms with van der Waals surface area (Å²) >= 11 is 0. The van der Waals surface area contributed by atoms with Crippen LogP contribution in [0.3, 0.4) is 0 Å². The van der Waals surface area contributed by atoms with Crippen LogP contribution in [0.5, 0.6) is 5.75 Å². The van der Waals surface area contributed by atoms with Crippen LogP contribution in [-0.4, -0.2) is 26.1 Å². The van der Waals surface area contributed by atoms with Crippen molar-refractivity contribution in [2.45, 2.75) is 32.5 Å². The summed E-state index contributed by atoms with van der Waals surface area (Å²) in [6, 6.07) is 7.83. The first-order chi connectivity index (χ1) is 10.3. The molecule has 0 amide bonds. The van der Waals surface area contributed by atoms with Crippen molar-refractivity contribution < 1.29 is 14.2 Å². The fourth-order valence-electron chi connectivity index (χ4n) is 1.76. The predicted molar refractivity (Wildman–Crippen MR) is 87.4 cm³/mol. The van der Waals surface area contributed by atoms with Gasteiger partial charge >= 0.3 is 0 Å². The van der Waals surface area contributed by atoms with E-state index in [1.807, 2.05) is 30.3 Å². The van der Waals surface area contributed by atoms with Crippen molar-refractivity contribution in [2.24, 2.45) is 0 Å². The molecule has 116 valence electrons. The van der Waals surface area contributed by atoms with Gasteiger partial charge in [-0.3, -0.25) is 0 Å². The van der Waals surface area contributed by atoms with Crippen LogP contribution in [0.15, 0.2) is 43.5 Å². The van der Waals surface area contributed by atoms with Gasteiger partial charge in [-0.05, 0) is 30.5 Å². The minimum absolute atomic E-state index is 0.200. The molecular weight excluding hydrogens is 264 g/mol. The highest BCUT2D eigenvalue weighted by atomic mass is 16.7. The molecule has 3 nitrogen and oxygen atoms in total. The zero-order valence-electron chi connectivity index (χ0n) is 12.9. The topological polar surface area (TPSA) is 27.7 Å². The molecule has 1 atom stereocenters. The number of hydrogen-bond acceptors (Lipinski definition) is 3. The molecule has 0 aliphatic rings. The predicted octanol–water partition coefficient (Wildman–Crippen LogP) is 4.44. The van der Waals surface area contributed by atoms with E-state index in [4.69, 9.17) is 14.2 Å². The molecular formula is C18H26O3. The average Bonchev–Trinajstić information content (AvgIpc) is 2.53. The van der Waals surface area contributed by atoms with Gasteiger partial charge in [0.05, 0.1) is 13.2 Å². The Bertz CT molecular complexity index is 397. The van der Waals surface area contributed by atoms with E-state index in [1.165, 1.54) is 0 Å². The molecule has 0 bridgehead atoms. The van der Waals surface area contributed by atoms with E-state index in [-0.39, 0.29) is 6.29 Å². The van der Waals surface area contributed by atoms with Gasteiger partial charge in [-0.25, -0.2) is 0 Å². The molecule has 0 saturated heterocycles. The van der Waals surface area contributed by atoms with Gasteiger partial charge in [-0.2, -0.15) is 0 Å². The number of benzene rings is 1. The van der Waals surface area contributed by atoms with Crippen LogP contribution in [0.2, 0.25) is 0 Å². The lowest BCUT2D eigenvalue weighted by molar-refractivity contribution is -0.0832. The van der Waals surface area contributed by atoms with Crippen LogP contribution in [0.4, 0.5) is 0 Å². The van der Waals surface area contributed by atoms with Crippen LogP contribution in [0.25, 0.3) is 6.08 Å². The summed E-state index contributed by atoms with van der Waals surface area (Å²) in [5.74, 6) is 0.821. The normalized spacial score (nSPS) is 11.9. The molecule has 0 spiro atoms. The molecule has 21 heavy (non-hydrogen) atoms. The molecule has 1 unspecified atom stereocenters. The molecule has 0 aromatic heterocycles. The molecule has 1 rings (SSSR count). The van der Waals surface area contributed by atoms with Gasteiger partial charge in [0.15, 0.2) is 6.29 Å². The summed E-state index contributed by atoms with van der Waals surface area (Å²) in [6.07, 6.45) is 6.14. The fourth-order valence-corrected chi connectivity index (χ4v) is 1.76. The maximum atomic E-state index is 5.81. The molecule has 0 radical (unpaired) electrons. The molecule has 0 fully saturated rings. The molecule has 0 saturated carbocycles. The van der Waals surface area contributed by atoms with Crippen molar-refractivity contribution in [1.29, 1.82) is 0 Å². The Morgan fingerprint density at radius 3 is 2.43 bits per heavy atom. The largest absolute Gasteiger partial charge is 0.465 e. The Hall–Kier alpha value is -1.58. The van der Waals surface area contributed by atoms with E-state index in [0.717, 1.165) is 37.2 Å². The Labute approximate surface area is 128 Å². The molecule has 0 N–H and O–H groups in total. The van der Waals surface area contributed by atoms with Gasteiger partial charge < -0.3 is 14.2 Å². The summed E-state index contributed by atoms with van der Waals surface area (Å²) in [4.78, 5) is 0. The van der Waals surface area contributed by atoms with Crippen molar-refractivity contribution >= 4 is 6.08 Å². The maximum absolute atomic E-state index is 5.81. The number of rotatable bonds is 12. The smallest absolute Gasteiger partial charge is 0.199 e. The molecule has 3 heteroatoms. The van der Waals surface area contributed by atoms with Gasteiger partial charge in [-0.15, -0.1) is 6.58 Å². The number of unbranched alkanes of at least 4 members (excludes halogenated alkanes) is 1. The minimum Gasteiger partial charge on any atom is -0.465 e. The van der Waals surface area contributed by atoms with E-state index >= 15 is 0 Å². The third-order valence-corrected chi connectivity index (χ3v) is 2.94. The van der Waals surface area contributed by atoms with Gasteiger partial charge in [0.25, 0.3) is 0 Å². The zero-order valence-corrected chi connectivity index (χ0v) is 12.9.